The van der Waals surface area contributed by atoms with E-state index in [4.69, 9.17) is 5.73 Å². The van der Waals surface area contributed by atoms with Gasteiger partial charge in [-0.2, -0.15) is 13.2 Å². The minimum Gasteiger partial charge on any atom is -0.370 e. The van der Waals surface area contributed by atoms with Crippen LogP contribution in [0.25, 0.3) is 0 Å². The smallest absolute Gasteiger partial charge is 0.370 e. The zero-order valence-electron chi connectivity index (χ0n) is 21.8. The number of amides is 3. The number of carbonyl (C=O) groups excluding carboxylic acids is 3. The third kappa shape index (κ3) is 8.62. The van der Waals surface area contributed by atoms with Crippen LogP contribution in [0.5, 0.6) is 0 Å². The van der Waals surface area contributed by atoms with E-state index in [0.717, 1.165) is 24.8 Å². The van der Waals surface area contributed by atoms with Crippen molar-refractivity contribution in [1.82, 2.24) is 5.32 Å². The number of rotatable bonds is 7. The van der Waals surface area contributed by atoms with Gasteiger partial charge in [0, 0.05) is 29.9 Å². The van der Waals surface area contributed by atoms with E-state index in [1.54, 1.807) is 56.3 Å². The normalized spacial score (nSPS) is 18.6. The van der Waals surface area contributed by atoms with Crippen molar-refractivity contribution in [3.63, 3.8) is 0 Å². The number of carbonyl (C=O) groups is 3. The molecule has 0 spiro atoms. The maximum atomic E-state index is 12.9. The van der Waals surface area contributed by atoms with Crippen LogP contribution in [-0.2, 0) is 14.4 Å². The zero-order valence-corrected chi connectivity index (χ0v) is 21.8. The van der Waals surface area contributed by atoms with E-state index in [2.05, 4.69) is 15.6 Å². The Kier molecular flexibility index (Phi) is 9.47. The van der Waals surface area contributed by atoms with Gasteiger partial charge in [-0.05, 0) is 45.1 Å². The molecule has 2 unspecified atom stereocenters. The van der Waals surface area contributed by atoms with Gasteiger partial charge in [-0.3, -0.25) is 14.4 Å². The van der Waals surface area contributed by atoms with E-state index >= 15 is 0 Å². The molecular weight excluding hydrogens is 516 g/mol. The van der Waals surface area contributed by atoms with Gasteiger partial charge >= 0.3 is 6.18 Å². The first-order valence-corrected chi connectivity index (χ1v) is 12.6. The Morgan fingerprint density at radius 2 is 1.79 bits per heavy atom. The summed E-state index contributed by atoms with van der Waals surface area (Å²) in [5.41, 5.74) is 7.39. The fourth-order valence-corrected chi connectivity index (χ4v) is 4.23. The van der Waals surface area contributed by atoms with Gasteiger partial charge in [0.05, 0.1) is 11.4 Å². The number of para-hydroxylation sites is 1. The molecule has 3 amide bonds. The maximum Gasteiger partial charge on any atom is 0.389 e. The maximum absolute atomic E-state index is 12.9. The van der Waals surface area contributed by atoms with Crippen LogP contribution in [0.1, 0.15) is 62.1 Å². The molecule has 1 saturated carbocycles. The molecule has 2 aromatic rings. The number of nitrogens with two attached hydrogens (primary N) is 1. The number of anilines is 1. The Morgan fingerprint density at radius 1 is 1.15 bits per heavy atom. The predicted octanol–water partition coefficient (Wildman–Crippen LogP) is 4.96. The Balaban J connectivity index is 0.000000617. The zero-order chi connectivity index (χ0) is 28.8. The van der Waals surface area contributed by atoms with Crippen LogP contribution in [-0.4, -0.2) is 41.4 Å². The number of hydrogen-bond acceptors (Lipinski definition) is 4. The minimum atomic E-state index is -4.51. The highest BCUT2D eigenvalue weighted by molar-refractivity contribution is 6.20. The van der Waals surface area contributed by atoms with Crippen molar-refractivity contribution >= 4 is 29.1 Å². The van der Waals surface area contributed by atoms with Crippen LogP contribution < -0.4 is 16.4 Å². The molecule has 1 heterocycles. The Bertz CT molecular complexity index is 1220. The van der Waals surface area contributed by atoms with E-state index in [1.165, 1.54) is 0 Å². The second-order valence-corrected chi connectivity index (χ2v) is 10.0. The number of hydrogen-bond donors (Lipinski definition) is 3. The SMILES string of the molecule is CC1(F)CCC1.Cc1cccc2c1NC(=O)C(NC(=O)C(CCC(F)(F)F)CC(N)=O)N=C2c1ccccc1. The number of nitrogens with one attached hydrogen (secondary N) is 2. The number of primary amides is 1. The van der Waals surface area contributed by atoms with Crippen molar-refractivity contribution < 1.29 is 31.9 Å². The number of aryl methyl sites for hydroxylation is 1. The van der Waals surface area contributed by atoms with Gasteiger partial charge in [0.15, 0.2) is 0 Å². The van der Waals surface area contributed by atoms with E-state index < -0.39 is 60.9 Å². The van der Waals surface area contributed by atoms with Gasteiger partial charge in [0.2, 0.25) is 18.0 Å². The van der Waals surface area contributed by atoms with Crippen LogP contribution >= 0.6 is 0 Å². The first kappa shape index (κ1) is 29.8. The monoisotopic (exact) mass is 548 g/mol. The molecule has 2 aliphatic rings. The second-order valence-electron chi connectivity index (χ2n) is 10.0. The van der Waals surface area contributed by atoms with Crippen molar-refractivity contribution in [1.29, 1.82) is 0 Å². The molecule has 4 rings (SSSR count). The van der Waals surface area contributed by atoms with Crippen LogP contribution in [0.2, 0.25) is 0 Å². The molecule has 2 aromatic carbocycles. The summed E-state index contributed by atoms with van der Waals surface area (Å²) in [4.78, 5) is 41.4. The lowest BCUT2D eigenvalue weighted by atomic mass is 9.84. The van der Waals surface area contributed by atoms with Crippen LogP contribution in [0.3, 0.4) is 0 Å². The average Bonchev–Trinajstić information content (AvgIpc) is 2.98. The van der Waals surface area contributed by atoms with E-state index in [-0.39, 0.29) is 0 Å². The van der Waals surface area contributed by atoms with Gasteiger partial charge < -0.3 is 16.4 Å². The third-order valence-electron chi connectivity index (χ3n) is 6.60. The van der Waals surface area contributed by atoms with Gasteiger partial charge in [0.1, 0.15) is 5.67 Å². The fraction of sp³-hybridized carbons (Fsp3) is 0.429. The van der Waals surface area contributed by atoms with Crippen LogP contribution in [0, 0.1) is 12.8 Å². The molecule has 2 atom stereocenters. The number of benzodiazepines with no additional fused rings is 1. The van der Waals surface area contributed by atoms with Crippen LogP contribution in [0.15, 0.2) is 53.5 Å². The molecule has 11 heteroatoms. The highest BCUT2D eigenvalue weighted by atomic mass is 19.4. The van der Waals surface area contributed by atoms with Crippen molar-refractivity contribution in [3.05, 3.63) is 65.2 Å². The third-order valence-corrected chi connectivity index (χ3v) is 6.60. The molecule has 0 aromatic heterocycles. The molecule has 7 nitrogen and oxygen atoms in total. The summed E-state index contributed by atoms with van der Waals surface area (Å²) >= 11 is 0. The van der Waals surface area contributed by atoms with E-state index in [9.17, 15) is 31.9 Å². The Morgan fingerprint density at radius 3 is 2.33 bits per heavy atom. The largest absolute Gasteiger partial charge is 0.389 e. The summed E-state index contributed by atoms with van der Waals surface area (Å²) in [5, 5.41) is 5.13. The highest BCUT2D eigenvalue weighted by Gasteiger charge is 2.34. The molecule has 0 bridgehead atoms. The molecule has 4 N–H and O–H groups in total. The van der Waals surface area contributed by atoms with Crippen molar-refractivity contribution in [3.8, 4) is 0 Å². The Hall–Kier alpha value is -3.76. The topological polar surface area (TPSA) is 114 Å². The molecule has 1 aliphatic carbocycles. The molecule has 0 saturated heterocycles. The number of nitrogens with zero attached hydrogens (tertiary/aromatic N) is 1. The highest BCUT2D eigenvalue weighted by Crippen LogP contribution is 2.34. The minimum absolute atomic E-state index is 0.430. The number of alkyl halides is 4. The van der Waals surface area contributed by atoms with Gasteiger partial charge in [-0.15, -0.1) is 0 Å². The first-order valence-electron chi connectivity index (χ1n) is 12.6. The Labute approximate surface area is 224 Å². The van der Waals surface area contributed by atoms with Crippen molar-refractivity contribution in [2.24, 2.45) is 16.6 Å². The standard InChI is InChI=1S/C23H23F3N4O3.C5H9F/c1-13-6-5-9-16-18(13)29-22(33)20(28-19(16)14-7-3-2-4-8-14)30-21(32)15(12-17(27)31)10-11-23(24,25)26;1-5(6)3-2-4-5/h2-9,15,20H,10-12H2,1H3,(H2,27,31)(H,29,33)(H,30,32);2-4H2,1H3. The number of aliphatic imine (C=N–C) groups is 1. The predicted molar refractivity (Wildman–Crippen MR) is 140 cm³/mol. The summed E-state index contributed by atoms with van der Waals surface area (Å²) in [6.45, 7) is 3.47. The van der Waals surface area contributed by atoms with Gasteiger partial charge in [-0.1, -0.05) is 48.5 Å². The molecule has 0 radical (unpaired) electrons. The fourth-order valence-electron chi connectivity index (χ4n) is 4.23. The molecular formula is C28H32F4N4O3. The first-order chi connectivity index (χ1) is 18.3. The number of fused-ring (bicyclic) bond motifs is 1. The van der Waals surface area contributed by atoms with Crippen LogP contribution in [0.4, 0.5) is 23.2 Å². The summed E-state index contributed by atoms with van der Waals surface area (Å²) in [5.74, 6) is -3.82. The van der Waals surface area contributed by atoms with E-state index in [1.807, 2.05) is 6.07 Å². The van der Waals surface area contributed by atoms with Crippen molar-refractivity contribution in [2.75, 3.05) is 5.32 Å². The lowest BCUT2D eigenvalue weighted by Gasteiger charge is -2.28. The summed E-state index contributed by atoms with van der Waals surface area (Å²) in [6, 6.07) is 14.4. The molecule has 210 valence electrons. The van der Waals surface area contributed by atoms with Gasteiger partial charge in [-0.25, -0.2) is 9.38 Å². The molecule has 39 heavy (non-hydrogen) atoms. The molecule has 1 aliphatic heterocycles. The number of halogens is 4. The summed E-state index contributed by atoms with van der Waals surface area (Å²) in [6.07, 6.45) is -5.74. The number of benzene rings is 2. The summed E-state index contributed by atoms with van der Waals surface area (Å²) < 4.78 is 50.3. The lowest BCUT2D eigenvalue weighted by molar-refractivity contribution is -0.143. The molecule has 1 fully saturated rings. The second kappa shape index (κ2) is 12.4. The quantitative estimate of drug-likeness (QED) is 0.425. The van der Waals surface area contributed by atoms with E-state index in [0.29, 0.717) is 22.5 Å². The lowest BCUT2D eigenvalue weighted by Crippen LogP contribution is -2.45. The van der Waals surface area contributed by atoms with Crippen molar-refractivity contribution in [2.45, 2.75) is 70.4 Å². The van der Waals surface area contributed by atoms with Gasteiger partial charge in [0.25, 0.3) is 5.91 Å². The average molecular weight is 549 g/mol. The summed E-state index contributed by atoms with van der Waals surface area (Å²) in [7, 11) is 0.